The Morgan fingerprint density at radius 3 is 2.38 bits per heavy atom. The Labute approximate surface area is 157 Å². The third-order valence-electron chi connectivity index (χ3n) is 3.80. The van der Waals surface area contributed by atoms with E-state index in [1.165, 1.54) is 24.9 Å². The number of allylic oxidation sites excluding steroid dienone is 1. The van der Waals surface area contributed by atoms with Gasteiger partial charge in [-0.3, -0.25) is 4.79 Å². The van der Waals surface area contributed by atoms with Crippen LogP contribution in [0.25, 0.3) is 0 Å². The number of carbonyl (C=O) groups is 2. The fraction of sp³-hybridized carbons (Fsp3) is 0.200. The van der Waals surface area contributed by atoms with Gasteiger partial charge in [0.05, 0.1) is 17.7 Å². The lowest BCUT2D eigenvalue weighted by Crippen LogP contribution is -2.05. The molecule has 0 fully saturated rings. The molecule has 0 radical (unpaired) electrons. The largest absolute Gasteiger partial charge is 0.508 e. The van der Waals surface area contributed by atoms with Crippen molar-refractivity contribution in [2.75, 3.05) is 18.7 Å². The Bertz CT molecular complexity index is 828. The normalized spacial score (nSPS) is 11.1. The predicted molar refractivity (Wildman–Crippen MR) is 105 cm³/mol. The zero-order valence-corrected chi connectivity index (χ0v) is 15.7. The number of hydrogen-bond acceptors (Lipinski definition) is 6. The van der Waals surface area contributed by atoms with Crippen molar-refractivity contribution < 1.29 is 19.4 Å². The van der Waals surface area contributed by atoms with Gasteiger partial charge in [-0.25, -0.2) is 4.79 Å². The molecule has 2 rings (SSSR count). The van der Waals surface area contributed by atoms with Crippen molar-refractivity contribution in [1.29, 1.82) is 0 Å². The number of phenols is 1. The summed E-state index contributed by atoms with van der Waals surface area (Å²) in [5.74, 6) is -0.399. The Hall–Kier alpha value is -2.73. The molecule has 2 aromatic rings. The fourth-order valence-corrected chi connectivity index (χ4v) is 2.80. The van der Waals surface area contributed by atoms with Crippen molar-refractivity contribution in [2.24, 2.45) is 0 Å². The number of aryl methyl sites for hydroxylation is 1. The number of ketones is 1. The van der Waals surface area contributed by atoms with Crippen molar-refractivity contribution in [3.63, 3.8) is 0 Å². The highest BCUT2D eigenvalue weighted by Gasteiger charge is 2.10. The van der Waals surface area contributed by atoms with E-state index in [4.69, 9.17) is 0 Å². The molecule has 0 heterocycles. The summed E-state index contributed by atoms with van der Waals surface area (Å²) in [6, 6.07) is 11.4. The highest BCUT2D eigenvalue weighted by atomic mass is 32.2. The molecule has 0 unspecified atom stereocenters. The van der Waals surface area contributed by atoms with E-state index in [-0.39, 0.29) is 11.5 Å². The number of hydrogen-bond donors (Lipinski definition) is 2. The predicted octanol–water partition coefficient (Wildman–Crippen LogP) is 4.24. The molecule has 0 aliphatic rings. The highest BCUT2D eigenvalue weighted by Crippen LogP contribution is 2.25. The monoisotopic (exact) mass is 371 g/mol. The first-order valence-corrected chi connectivity index (χ1v) is 9.28. The Morgan fingerprint density at radius 1 is 1.15 bits per heavy atom. The van der Waals surface area contributed by atoms with Gasteiger partial charge in [-0.1, -0.05) is 19.1 Å². The van der Waals surface area contributed by atoms with Crippen molar-refractivity contribution in [3.05, 3.63) is 70.3 Å². The molecule has 26 heavy (non-hydrogen) atoms. The quantitative estimate of drug-likeness (QED) is 0.328. The maximum absolute atomic E-state index is 12.5. The van der Waals surface area contributed by atoms with Crippen LogP contribution in [0.5, 0.6) is 5.75 Å². The van der Waals surface area contributed by atoms with E-state index < -0.39 is 5.97 Å². The van der Waals surface area contributed by atoms with Gasteiger partial charge < -0.3 is 15.2 Å². The molecule has 136 valence electrons. The van der Waals surface area contributed by atoms with Crippen molar-refractivity contribution in [1.82, 2.24) is 0 Å². The minimum absolute atomic E-state index is 0.171. The van der Waals surface area contributed by atoms with Crippen LogP contribution in [0, 0.1) is 0 Å². The number of aromatic hydroxyl groups is 1. The highest BCUT2D eigenvalue weighted by molar-refractivity contribution is 8.02. The van der Waals surface area contributed by atoms with Crippen LogP contribution in [-0.2, 0) is 11.2 Å². The molecule has 0 bridgehead atoms. The van der Waals surface area contributed by atoms with E-state index in [0.717, 1.165) is 17.7 Å². The van der Waals surface area contributed by atoms with Gasteiger partial charge in [0.1, 0.15) is 5.75 Å². The second kappa shape index (κ2) is 9.10. The van der Waals surface area contributed by atoms with Gasteiger partial charge in [-0.2, -0.15) is 0 Å². The average Bonchev–Trinajstić information content (AvgIpc) is 2.67. The third-order valence-corrected chi connectivity index (χ3v) is 4.46. The van der Waals surface area contributed by atoms with Gasteiger partial charge in [0, 0.05) is 17.3 Å². The van der Waals surface area contributed by atoms with Crippen LogP contribution in [0.3, 0.4) is 0 Å². The first kappa shape index (κ1) is 19.6. The van der Waals surface area contributed by atoms with E-state index in [2.05, 4.69) is 10.1 Å². The molecule has 5 nitrogen and oxygen atoms in total. The number of benzene rings is 2. The molecule has 0 amide bonds. The van der Waals surface area contributed by atoms with E-state index in [0.29, 0.717) is 16.2 Å². The van der Waals surface area contributed by atoms with E-state index in [1.807, 2.05) is 13.2 Å². The second-order valence-electron chi connectivity index (χ2n) is 5.47. The Balaban J connectivity index is 2.20. The Kier molecular flexibility index (Phi) is 6.86. The molecule has 0 saturated heterocycles. The SMILES string of the molecule is CCc1cc(O)ccc1N/C(=C/C(=O)c1ccc(C(=O)OC)cc1)SC. The minimum Gasteiger partial charge on any atom is -0.508 e. The number of rotatable bonds is 7. The summed E-state index contributed by atoms with van der Waals surface area (Å²) in [5, 5.41) is 13.5. The number of phenolic OH excluding ortho intramolecular Hbond substituents is 1. The van der Waals surface area contributed by atoms with E-state index in [1.54, 1.807) is 42.5 Å². The summed E-state index contributed by atoms with van der Waals surface area (Å²) in [6.07, 6.45) is 4.14. The molecular weight excluding hydrogens is 350 g/mol. The molecule has 2 N–H and O–H groups in total. The fourth-order valence-electron chi connectivity index (χ4n) is 2.36. The van der Waals surface area contributed by atoms with Crippen molar-refractivity contribution in [3.8, 4) is 5.75 Å². The molecule has 0 aromatic heterocycles. The molecule has 0 atom stereocenters. The summed E-state index contributed by atoms with van der Waals surface area (Å²) in [5.41, 5.74) is 2.68. The number of thioether (sulfide) groups is 1. The number of ether oxygens (including phenoxy) is 1. The van der Waals surface area contributed by atoms with Crippen molar-refractivity contribution >= 4 is 29.2 Å². The number of carbonyl (C=O) groups excluding carboxylic acids is 2. The lowest BCUT2D eigenvalue weighted by molar-refractivity contribution is 0.0600. The summed E-state index contributed by atoms with van der Waals surface area (Å²) in [6.45, 7) is 2.00. The van der Waals surface area contributed by atoms with Crippen LogP contribution in [0.15, 0.2) is 53.6 Å². The van der Waals surface area contributed by atoms with E-state index in [9.17, 15) is 14.7 Å². The zero-order chi connectivity index (χ0) is 19.1. The van der Waals surface area contributed by atoms with Gasteiger partial charge in [0.15, 0.2) is 5.78 Å². The zero-order valence-electron chi connectivity index (χ0n) is 14.9. The molecule has 0 aliphatic carbocycles. The van der Waals surface area contributed by atoms with Crippen LogP contribution in [0.1, 0.15) is 33.2 Å². The van der Waals surface area contributed by atoms with Crippen molar-refractivity contribution in [2.45, 2.75) is 13.3 Å². The van der Waals surface area contributed by atoms with Crippen LogP contribution < -0.4 is 5.32 Å². The van der Waals surface area contributed by atoms with Gasteiger partial charge in [-0.05, 0) is 48.6 Å². The first-order chi connectivity index (χ1) is 12.5. The van der Waals surface area contributed by atoms with Crippen LogP contribution in [0.2, 0.25) is 0 Å². The van der Waals surface area contributed by atoms with Gasteiger partial charge >= 0.3 is 5.97 Å². The van der Waals surface area contributed by atoms with Gasteiger partial charge in [0.2, 0.25) is 0 Å². The smallest absolute Gasteiger partial charge is 0.337 e. The number of nitrogens with one attached hydrogen (secondary N) is 1. The average molecular weight is 371 g/mol. The topological polar surface area (TPSA) is 75.6 Å². The molecule has 6 heteroatoms. The standard InChI is InChI=1S/C20H21NO4S/c1-4-13-11-16(22)9-10-17(13)21-19(26-3)12-18(23)14-5-7-15(8-6-14)20(24)25-2/h5-12,21-22H,4H2,1-3H3/b19-12-. The number of esters is 1. The summed E-state index contributed by atoms with van der Waals surface area (Å²) in [7, 11) is 1.31. The maximum Gasteiger partial charge on any atom is 0.337 e. The van der Waals surface area contributed by atoms with Gasteiger partial charge in [-0.15, -0.1) is 11.8 Å². The molecule has 0 saturated carbocycles. The molecule has 0 spiro atoms. The maximum atomic E-state index is 12.5. The lowest BCUT2D eigenvalue weighted by atomic mass is 10.1. The summed E-state index contributed by atoms with van der Waals surface area (Å²) in [4.78, 5) is 23.9. The van der Waals surface area contributed by atoms with Crippen LogP contribution in [0.4, 0.5) is 5.69 Å². The Morgan fingerprint density at radius 2 is 1.81 bits per heavy atom. The van der Waals surface area contributed by atoms with Crippen LogP contribution >= 0.6 is 11.8 Å². The lowest BCUT2D eigenvalue weighted by Gasteiger charge is -2.13. The summed E-state index contributed by atoms with van der Waals surface area (Å²) >= 11 is 1.42. The number of anilines is 1. The second-order valence-corrected chi connectivity index (χ2v) is 6.31. The molecule has 2 aromatic carbocycles. The number of methoxy groups -OCH3 is 1. The third kappa shape index (κ3) is 4.89. The first-order valence-electron chi connectivity index (χ1n) is 8.05. The van der Waals surface area contributed by atoms with Gasteiger partial charge in [0.25, 0.3) is 0 Å². The minimum atomic E-state index is -0.439. The summed E-state index contributed by atoms with van der Waals surface area (Å²) < 4.78 is 4.65. The van der Waals surface area contributed by atoms with E-state index >= 15 is 0 Å². The van der Waals surface area contributed by atoms with Crippen LogP contribution in [-0.4, -0.2) is 30.2 Å². The molecular formula is C20H21NO4S. The molecule has 0 aliphatic heterocycles.